The number of halogens is 3. The highest BCUT2D eigenvalue weighted by Gasteiger charge is 2.38. The lowest BCUT2D eigenvalue weighted by atomic mass is 10.1. The SMILES string of the molecule is CC(Cn1nc(C(F)(F)F)cc1C1CC1)C(=O)NC(C)c1ccccc1. The molecule has 3 rings (SSSR count). The summed E-state index contributed by atoms with van der Waals surface area (Å²) in [4.78, 5) is 12.5. The van der Waals surface area contributed by atoms with E-state index in [0.29, 0.717) is 5.69 Å². The molecule has 2 unspecified atom stereocenters. The Hall–Kier alpha value is -2.31. The maximum atomic E-state index is 13.0. The fourth-order valence-electron chi connectivity index (χ4n) is 2.95. The number of rotatable bonds is 6. The summed E-state index contributed by atoms with van der Waals surface area (Å²) in [5, 5.41) is 6.63. The van der Waals surface area contributed by atoms with Crippen LogP contribution in [-0.2, 0) is 17.5 Å². The van der Waals surface area contributed by atoms with Crippen molar-refractivity contribution < 1.29 is 18.0 Å². The third-order valence-corrected chi connectivity index (χ3v) is 4.65. The van der Waals surface area contributed by atoms with Crippen molar-refractivity contribution >= 4 is 5.91 Å². The molecular formula is C19H22F3N3O. The molecule has 2 atom stereocenters. The molecule has 0 radical (unpaired) electrons. The largest absolute Gasteiger partial charge is 0.435 e. The lowest BCUT2D eigenvalue weighted by Crippen LogP contribution is -2.34. The normalized spacial score (nSPS) is 17.0. The van der Waals surface area contributed by atoms with E-state index in [1.807, 2.05) is 37.3 Å². The molecule has 7 heteroatoms. The van der Waals surface area contributed by atoms with Gasteiger partial charge in [0.2, 0.25) is 5.91 Å². The molecule has 0 saturated heterocycles. The van der Waals surface area contributed by atoms with Gasteiger partial charge in [-0.3, -0.25) is 9.48 Å². The van der Waals surface area contributed by atoms with E-state index in [-0.39, 0.29) is 24.4 Å². The van der Waals surface area contributed by atoms with E-state index >= 15 is 0 Å². The summed E-state index contributed by atoms with van der Waals surface area (Å²) in [5.74, 6) is -0.566. The van der Waals surface area contributed by atoms with Gasteiger partial charge in [-0.2, -0.15) is 18.3 Å². The third-order valence-electron chi connectivity index (χ3n) is 4.65. The molecule has 1 aromatic carbocycles. The van der Waals surface area contributed by atoms with Crippen molar-refractivity contribution in [1.82, 2.24) is 15.1 Å². The Bertz CT molecular complexity index is 766. The predicted octanol–water partition coefficient (Wildman–Crippen LogP) is 4.29. The molecule has 2 aromatic rings. The second-order valence-corrected chi connectivity index (χ2v) is 6.95. The molecule has 1 amide bonds. The number of nitrogens with one attached hydrogen (secondary N) is 1. The van der Waals surface area contributed by atoms with E-state index in [1.54, 1.807) is 6.92 Å². The van der Waals surface area contributed by atoms with Crippen LogP contribution in [0, 0.1) is 5.92 Å². The fraction of sp³-hybridized carbons (Fsp3) is 0.474. The van der Waals surface area contributed by atoms with E-state index in [0.717, 1.165) is 24.5 Å². The molecule has 1 fully saturated rings. The quantitative estimate of drug-likeness (QED) is 0.830. The van der Waals surface area contributed by atoms with Crippen LogP contribution in [0.4, 0.5) is 13.2 Å². The van der Waals surface area contributed by atoms with Gasteiger partial charge in [0.25, 0.3) is 0 Å². The highest BCUT2D eigenvalue weighted by atomic mass is 19.4. The average Bonchev–Trinajstić information content (AvgIpc) is 3.34. The predicted molar refractivity (Wildman–Crippen MR) is 91.4 cm³/mol. The number of aromatic nitrogens is 2. The van der Waals surface area contributed by atoms with Crippen molar-refractivity contribution in [2.45, 2.75) is 51.4 Å². The molecule has 1 heterocycles. The topological polar surface area (TPSA) is 46.9 Å². The van der Waals surface area contributed by atoms with Gasteiger partial charge in [0.1, 0.15) is 0 Å². The molecule has 0 spiro atoms. The first-order valence-corrected chi connectivity index (χ1v) is 8.76. The minimum absolute atomic E-state index is 0.122. The number of nitrogens with zero attached hydrogens (tertiary/aromatic N) is 2. The molecule has 4 nitrogen and oxygen atoms in total. The number of amides is 1. The third kappa shape index (κ3) is 4.26. The Kier molecular flexibility index (Phi) is 5.07. The molecule has 0 aliphatic heterocycles. The number of hydrogen-bond donors (Lipinski definition) is 1. The first-order chi connectivity index (χ1) is 12.3. The smallest absolute Gasteiger partial charge is 0.349 e. The van der Waals surface area contributed by atoms with Crippen LogP contribution in [0.3, 0.4) is 0 Å². The number of benzene rings is 1. The van der Waals surface area contributed by atoms with Crippen molar-refractivity contribution in [3.8, 4) is 0 Å². The zero-order valence-electron chi connectivity index (χ0n) is 14.8. The van der Waals surface area contributed by atoms with Crippen LogP contribution in [0.15, 0.2) is 36.4 Å². The van der Waals surface area contributed by atoms with Gasteiger partial charge in [0, 0.05) is 11.6 Å². The van der Waals surface area contributed by atoms with Gasteiger partial charge in [0.05, 0.1) is 18.5 Å². The second-order valence-electron chi connectivity index (χ2n) is 6.95. The lowest BCUT2D eigenvalue weighted by molar-refractivity contribution is -0.141. The molecule has 0 bridgehead atoms. The summed E-state index contributed by atoms with van der Waals surface area (Å²) < 4.78 is 40.3. The number of alkyl halides is 3. The number of carbonyl (C=O) groups excluding carboxylic acids is 1. The van der Waals surface area contributed by atoms with Gasteiger partial charge in [-0.1, -0.05) is 37.3 Å². The Labute approximate surface area is 150 Å². The zero-order valence-corrected chi connectivity index (χ0v) is 14.8. The zero-order chi connectivity index (χ0) is 18.9. The summed E-state index contributed by atoms with van der Waals surface area (Å²) in [5.41, 5.74) is 0.669. The van der Waals surface area contributed by atoms with Crippen LogP contribution in [0.2, 0.25) is 0 Å². The molecule has 26 heavy (non-hydrogen) atoms. The van der Waals surface area contributed by atoms with Crippen molar-refractivity contribution in [2.24, 2.45) is 5.92 Å². The van der Waals surface area contributed by atoms with E-state index < -0.39 is 17.8 Å². The maximum absolute atomic E-state index is 13.0. The van der Waals surface area contributed by atoms with Gasteiger partial charge >= 0.3 is 6.18 Å². The molecule has 1 aliphatic rings. The summed E-state index contributed by atoms with van der Waals surface area (Å²) in [6.45, 7) is 3.72. The van der Waals surface area contributed by atoms with Crippen molar-refractivity contribution in [3.63, 3.8) is 0 Å². The number of hydrogen-bond acceptors (Lipinski definition) is 2. The summed E-state index contributed by atoms with van der Waals surface area (Å²) in [6, 6.07) is 10.5. The Morgan fingerprint density at radius 2 is 1.92 bits per heavy atom. The minimum atomic E-state index is -4.47. The van der Waals surface area contributed by atoms with Gasteiger partial charge in [-0.05, 0) is 31.4 Å². The second kappa shape index (κ2) is 7.13. The number of carbonyl (C=O) groups is 1. The van der Waals surface area contributed by atoms with Gasteiger partial charge < -0.3 is 5.32 Å². The first-order valence-electron chi connectivity index (χ1n) is 8.76. The molecular weight excluding hydrogens is 343 g/mol. The van der Waals surface area contributed by atoms with E-state index in [9.17, 15) is 18.0 Å². The van der Waals surface area contributed by atoms with E-state index in [4.69, 9.17) is 0 Å². The minimum Gasteiger partial charge on any atom is -0.349 e. The average molecular weight is 365 g/mol. The highest BCUT2D eigenvalue weighted by molar-refractivity contribution is 5.78. The van der Waals surface area contributed by atoms with Crippen LogP contribution in [0.25, 0.3) is 0 Å². The van der Waals surface area contributed by atoms with Crippen LogP contribution < -0.4 is 5.32 Å². The van der Waals surface area contributed by atoms with Crippen molar-refractivity contribution in [1.29, 1.82) is 0 Å². The van der Waals surface area contributed by atoms with Gasteiger partial charge in [-0.15, -0.1) is 0 Å². The van der Waals surface area contributed by atoms with E-state index in [1.165, 1.54) is 4.68 Å². The summed E-state index contributed by atoms with van der Waals surface area (Å²) in [6.07, 6.45) is -2.73. The molecule has 1 saturated carbocycles. The molecule has 1 aliphatic carbocycles. The Morgan fingerprint density at radius 1 is 1.27 bits per heavy atom. The van der Waals surface area contributed by atoms with Crippen LogP contribution in [0.1, 0.15) is 55.6 Å². The molecule has 1 aromatic heterocycles. The monoisotopic (exact) mass is 365 g/mol. The standard InChI is InChI=1S/C19H22F3N3O/c1-12(18(26)23-13(2)14-6-4-3-5-7-14)11-25-16(15-8-9-15)10-17(24-25)19(20,21)22/h3-7,10,12-13,15H,8-9,11H2,1-2H3,(H,23,26). The van der Waals surface area contributed by atoms with Crippen LogP contribution in [0.5, 0.6) is 0 Å². The van der Waals surface area contributed by atoms with Crippen molar-refractivity contribution in [3.05, 3.63) is 53.3 Å². The lowest BCUT2D eigenvalue weighted by Gasteiger charge is -2.19. The van der Waals surface area contributed by atoms with Crippen molar-refractivity contribution in [2.75, 3.05) is 0 Å². The molecule has 140 valence electrons. The summed E-state index contributed by atoms with van der Waals surface area (Å²) >= 11 is 0. The Morgan fingerprint density at radius 3 is 2.50 bits per heavy atom. The summed E-state index contributed by atoms with van der Waals surface area (Å²) in [7, 11) is 0. The van der Waals surface area contributed by atoms with Gasteiger partial charge in [0.15, 0.2) is 5.69 Å². The van der Waals surface area contributed by atoms with Crippen LogP contribution >= 0.6 is 0 Å². The fourth-order valence-corrected chi connectivity index (χ4v) is 2.95. The maximum Gasteiger partial charge on any atom is 0.435 e. The Balaban J connectivity index is 1.68. The van der Waals surface area contributed by atoms with E-state index in [2.05, 4.69) is 10.4 Å². The molecule has 1 N–H and O–H groups in total. The van der Waals surface area contributed by atoms with Crippen LogP contribution in [-0.4, -0.2) is 15.7 Å². The van der Waals surface area contributed by atoms with Gasteiger partial charge in [-0.25, -0.2) is 0 Å². The first kappa shape index (κ1) is 18.5. The highest BCUT2D eigenvalue weighted by Crippen LogP contribution is 2.42.